The quantitative estimate of drug-likeness (QED) is 0.641. The summed E-state index contributed by atoms with van der Waals surface area (Å²) in [6, 6.07) is 13.8. The van der Waals surface area contributed by atoms with Gasteiger partial charge in [0.25, 0.3) is 0 Å². The van der Waals surface area contributed by atoms with Crippen molar-refractivity contribution in [2.75, 3.05) is 18.8 Å². The lowest BCUT2D eigenvalue weighted by Crippen LogP contribution is -2.33. The van der Waals surface area contributed by atoms with Crippen molar-refractivity contribution in [2.45, 2.75) is 16.6 Å². The summed E-state index contributed by atoms with van der Waals surface area (Å²) in [4.78, 5) is 0.0734. The molecule has 0 amide bonds. The first-order chi connectivity index (χ1) is 12.9. The molecule has 1 aliphatic heterocycles. The Morgan fingerprint density at radius 1 is 1.00 bits per heavy atom. The minimum atomic E-state index is -3.86. The highest BCUT2D eigenvalue weighted by Crippen LogP contribution is 2.32. The molecular weight excluding hydrogens is 406 g/mol. The monoisotopic (exact) mass is 423 g/mol. The van der Waals surface area contributed by atoms with Crippen molar-refractivity contribution < 1.29 is 16.8 Å². The fraction of sp³-hybridized carbons (Fsp3) is 0.294. The molecule has 1 aliphatic rings. The Bertz CT molecular complexity index is 1170. The van der Waals surface area contributed by atoms with Crippen LogP contribution in [-0.4, -0.2) is 48.7 Å². The molecule has 1 aromatic heterocycles. The summed E-state index contributed by atoms with van der Waals surface area (Å²) in [6.45, 7) is 0.0665. The van der Waals surface area contributed by atoms with Crippen LogP contribution in [0.2, 0.25) is 0 Å². The Labute approximate surface area is 161 Å². The fourth-order valence-electron chi connectivity index (χ4n) is 3.33. The molecule has 0 aliphatic carbocycles. The summed E-state index contributed by atoms with van der Waals surface area (Å²) < 4.78 is 61.3. The summed E-state index contributed by atoms with van der Waals surface area (Å²) in [5.41, 5.74) is 1.54. The number of hydrogen-bond donors (Lipinski definition) is 0. The van der Waals surface area contributed by atoms with E-state index in [-0.39, 0.29) is 30.2 Å². The third-order valence-corrected chi connectivity index (χ3v) is 9.34. The van der Waals surface area contributed by atoms with Gasteiger partial charge in [-0.1, -0.05) is 36.4 Å². The van der Waals surface area contributed by atoms with Gasteiger partial charge in [-0.05, 0) is 24.1 Å². The van der Waals surface area contributed by atoms with E-state index < -0.39 is 25.1 Å². The number of hydrogen-bond acceptors (Lipinski definition) is 7. The molecule has 0 spiro atoms. The summed E-state index contributed by atoms with van der Waals surface area (Å²) >= 11 is 0.952. The van der Waals surface area contributed by atoms with Crippen LogP contribution in [0.5, 0.6) is 0 Å². The maximum Gasteiger partial charge on any atom is 0.245 e. The first-order valence-corrected chi connectivity index (χ1v) is 12.3. The third kappa shape index (κ3) is 3.38. The summed E-state index contributed by atoms with van der Waals surface area (Å²) in [7, 11) is -7.32. The number of nitrogens with zero attached hydrogens (tertiary/aromatic N) is 3. The van der Waals surface area contributed by atoms with Gasteiger partial charge < -0.3 is 0 Å². The van der Waals surface area contributed by atoms with Gasteiger partial charge in [-0.3, -0.25) is 0 Å². The molecule has 4 rings (SSSR count). The van der Waals surface area contributed by atoms with Crippen LogP contribution in [0.4, 0.5) is 0 Å². The van der Waals surface area contributed by atoms with Gasteiger partial charge in [0.1, 0.15) is 15.9 Å². The minimum absolute atomic E-state index is 0.0675. The van der Waals surface area contributed by atoms with E-state index >= 15 is 0 Å². The largest absolute Gasteiger partial charge is 0.245 e. The summed E-state index contributed by atoms with van der Waals surface area (Å²) in [5, 5.41) is -0.698. The molecule has 1 atom stereocenters. The molecule has 10 heteroatoms. The number of fused-ring (bicyclic) bond motifs is 1. The maximum atomic E-state index is 13.2. The van der Waals surface area contributed by atoms with Crippen molar-refractivity contribution >= 4 is 42.6 Å². The van der Waals surface area contributed by atoms with Crippen LogP contribution < -0.4 is 0 Å². The van der Waals surface area contributed by atoms with E-state index in [1.54, 1.807) is 36.4 Å². The number of sulfonamides is 1. The first-order valence-electron chi connectivity index (χ1n) is 8.37. The van der Waals surface area contributed by atoms with Gasteiger partial charge in [0.2, 0.25) is 10.0 Å². The Kier molecular flexibility index (Phi) is 4.75. The predicted octanol–water partition coefficient (Wildman–Crippen LogP) is 2.24. The molecular formula is C17H17N3O4S3. The second-order valence-electron chi connectivity index (χ2n) is 6.35. The van der Waals surface area contributed by atoms with E-state index in [1.807, 2.05) is 6.07 Å². The zero-order valence-corrected chi connectivity index (χ0v) is 16.7. The average Bonchev–Trinajstić information content (AvgIpc) is 3.06. The summed E-state index contributed by atoms with van der Waals surface area (Å²) in [5.74, 6) is -0.211. The molecule has 1 fully saturated rings. The molecule has 3 aromatic rings. The van der Waals surface area contributed by atoms with E-state index in [0.29, 0.717) is 16.6 Å². The Morgan fingerprint density at radius 2 is 1.78 bits per heavy atom. The van der Waals surface area contributed by atoms with E-state index in [9.17, 15) is 16.8 Å². The molecule has 1 saturated heterocycles. The smallest absolute Gasteiger partial charge is 0.228 e. The molecule has 0 unspecified atom stereocenters. The maximum absolute atomic E-state index is 13.2. The number of benzene rings is 2. The minimum Gasteiger partial charge on any atom is -0.228 e. The Balaban J connectivity index is 1.69. The second kappa shape index (κ2) is 6.93. The highest BCUT2D eigenvalue weighted by molar-refractivity contribution is 7.92. The molecule has 0 saturated carbocycles. The van der Waals surface area contributed by atoms with Crippen LogP contribution in [0.25, 0.3) is 11.0 Å². The standard InChI is InChI=1S/C17H17N3O4S3/c21-26(22)12-11-20(10-9-15(26)13-5-2-1-3-6-13)27(23,24)16-8-4-7-14-17(16)19-25-18-14/h1-8,15H,9-12H2/t15-/m0/s1. The number of aromatic nitrogens is 2. The van der Waals surface area contributed by atoms with Gasteiger partial charge in [0, 0.05) is 13.1 Å². The van der Waals surface area contributed by atoms with Crippen LogP contribution in [0.15, 0.2) is 53.4 Å². The van der Waals surface area contributed by atoms with E-state index in [2.05, 4.69) is 8.75 Å². The average molecular weight is 424 g/mol. The molecule has 27 heavy (non-hydrogen) atoms. The molecule has 2 aromatic carbocycles. The Morgan fingerprint density at radius 3 is 2.56 bits per heavy atom. The van der Waals surface area contributed by atoms with Crippen LogP contribution in [0, 0.1) is 0 Å². The molecule has 7 nitrogen and oxygen atoms in total. The summed E-state index contributed by atoms with van der Waals surface area (Å²) in [6.07, 6.45) is 0.219. The topological polar surface area (TPSA) is 97.3 Å². The lowest BCUT2D eigenvalue weighted by molar-refractivity contribution is 0.428. The van der Waals surface area contributed by atoms with Gasteiger partial charge in [-0.15, -0.1) is 0 Å². The SMILES string of the molecule is O=S1(=O)CCN(S(=O)(=O)c2cccc3nsnc23)CC[C@H]1c1ccccc1. The molecule has 0 bridgehead atoms. The lowest BCUT2D eigenvalue weighted by atomic mass is 10.1. The van der Waals surface area contributed by atoms with Crippen molar-refractivity contribution in [1.82, 2.24) is 13.1 Å². The van der Waals surface area contributed by atoms with Crippen LogP contribution in [0.3, 0.4) is 0 Å². The third-order valence-electron chi connectivity index (χ3n) is 4.74. The van der Waals surface area contributed by atoms with Crippen molar-refractivity contribution in [3.63, 3.8) is 0 Å². The van der Waals surface area contributed by atoms with Gasteiger partial charge in [0.05, 0.1) is 22.7 Å². The van der Waals surface area contributed by atoms with Gasteiger partial charge >= 0.3 is 0 Å². The normalized spacial score (nSPS) is 21.1. The highest BCUT2D eigenvalue weighted by Gasteiger charge is 2.36. The number of sulfone groups is 1. The predicted molar refractivity (Wildman–Crippen MR) is 104 cm³/mol. The van der Waals surface area contributed by atoms with E-state index in [1.165, 1.54) is 10.4 Å². The zero-order valence-electron chi connectivity index (χ0n) is 14.2. The van der Waals surface area contributed by atoms with Crippen LogP contribution in [-0.2, 0) is 19.9 Å². The zero-order chi connectivity index (χ0) is 19.1. The van der Waals surface area contributed by atoms with Gasteiger partial charge in [-0.2, -0.15) is 13.1 Å². The van der Waals surface area contributed by atoms with E-state index in [0.717, 1.165) is 11.7 Å². The van der Waals surface area contributed by atoms with E-state index in [4.69, 9.17) is 0 Å². The van der Waals surface area contributed by atoms with Crippen molar-refractivity contribution in [3.05, 3.63) is 54.1 Å². The van der Waals surface area contributed by atoms with Crippen molar-refractivity contribution in [1.29, 1.82) is 0 Å². The first kappa shape index (κ1) is 18.5. The molecule has 142 valence electrons. The highest BCUT2D eigenvalue weighted by atomic mass is 32.2. The number of rotatable bonds is 3. The van der Waals surface area contributed by atoms with Crippen LogP contribution in [0.1, 0.15) is 17.2 Å². The van der Waals surface area contributed by atoms with Crippen molar-refractivity contribution in [3.8, 4) is 0 Å². The molecule has 0 radical (unpaired) electrons. The Hall–Kier alpha value is -1.88. The van der Waals surface area contributed by atoms with Gasteiger partial charge in [0.15, 0.2) is 9.84 Å². The van der Waals surface area contributed by atoms with Gasteiger partial charge in [-0.25, -0.2) is 16.8 Å². The molecule has 0 N–H and O–H groups in total. The van der Waals surface area contributed by atoms with Crippen LogP contribution >= 0.6 is 11.7 Å². The fourth-order valence-corrected chi connectivity index (χ4v) is 7.45. The second-order valence-corrected chi connectivity index (χ2v) is 11.1. The van der Waals surface area contributed by atoms with Crippen molar-refractivity contribution in [2.24, 2.45) is 0 Å². The lowest BCUT2D eigenvalue weighted by Gasteiger charge is -2.19. The molecule has 2 heterocycles.